The second kappa shape index (κ2) is 6.21. The van der Waals surface area contributed by atoms with Crippen LogP contribution in [0.4, 0.5) is 0 Å². The number of nitrogens with zero attached hydrogens (tertiary/aromatic N) is 4. The van der Waals surface area contributed by atoms with Crippen molar-refractivity contribution in [2.24, 2.45) is 11.2 Å². The molecule has 1 aromatic rings. The topological polar surface area (TPSA) is 109 Å². The van der Waals surface area contributed by atoms with Crippen LogP contribution in [0.15, 0.2) is 29.5 Å². The number of hydrazine groups is 1. The van der Waals surface area contributed by atoms with Crippen molar-refractivity contribution in [3.05, 3.63) is 40.6 Å². The van der Waals surface area contributed by atoms with Crippen molar-refractivity contribution < 1.29 is 24.5 Å². The molecule has 2 aliphatic rings. The Labute approximate surface area is 131 Å². The minimum atomic E-state index is -0.472. The highest BCUT2D eigenvalue weighted by Gasteiger charge is 2.36. The Hall–Kier alpha value is -2.68. The van der Waals surface area contributed by atoms with Crippen LogP contribution >= 0.6 is 0 Å². The smallest absolute Gasteiger partial charge is 0.264 e. The lowest BCUT2D eigenvalue weighted by molar-refractivity contribution is -0.708. The maximum absolute atomic E-state index is 12.1. The number of rotatable bonds is 5. The molecule has 0 saturated carbocycles. The van der Waals surface area contributed by atoms with Crippen molar-refractivity contribution in [3.63, 3.8) is 0 Å². The van der Waals surface area contributed by atoms with Gasteiger partial charge in [0.2, 0.25) is 12.0 Å². The van der Waals surface area contributed by atoms with Gasteiger partial charge in [-0.25, -0.2) is 4.90 Å². The van der Waals surface area contributed by atoms with Crippen LogP contribution in [-0.2, 0) is 4.84 Å². The number of carbonyl (C=O) groups is 2. The van der Waals surface area contributed by atoms with Crippen molar-refractivity contribution in [1.82, 2.24) is 9.91 Å². The van der Waals surface area contributed by atoms with E-state index in [-0.39, 0.29) is 17.5 Å². The van der Waals surface area contributed by atoms with Gasteiger partial charge in [-0.3, -0.25) is 9.59 Å². The average molecular weight is 320 g/mol. The summed E-state index contributed by atoms with van der Waals surface area (Å²) in [7, 11) is 0. The zero-order chi connectivity index (χ0) is 16.4. The van der Waals surface area contributed by atoms with E-state index in [4.69, 9.17) is 9.94 Å². The van der Waals surface area contributed by atoms with E-state index in [0.29, 0.717) is 30.6 Å². The third-order valence-electron chi connectivity index (χ3n) is 3.96. The van der Waals surface area contributed by atoms with E-state index in [1.165, 1.54) is 5.01 Å². The van der Waals surface area contributed by atoms with Crippen molar-refractivity contribution in [2.45, 2.75) is 6.42 Å². The summed E-state index contributed by atoms with van der Waals surface area (Å²) < 4.78 is 0. The number of aliphatic hydroxyl groups is 1. The fourth-order valence-electron chi connectivity index (χ4n) is 2.66. The van der Waals surface area contributed by atoms with Crippen LogP contribution in [-0.4, -0.2) is 58.2 Å². The summed E-state index contributed by atoms with van der Waals surface area (Å²) in [5, 5.41) is 25.5. The molecule has 1 N–H and O–H groups in total. The van der Waals surface area contributed by atoms with Gasteiger partial charge in [0, 0.05) is 12.5 Å². The molecule has 2 aliphatic heterocycles. The summed E-state index contributed by atoms with van der Waals surface area (Å²) in [6, 6.07) is 6.46. The van der Waals surface area contributed by atoms with E-state index in [9.17, 15) is 14.8 Å². The maximum Gasteiger partial charge on any atom is 0.264 e. The Morgan fingerprint density at radius 2 is 1.96 bits per heavy atom. The Kier molecular flexibility index (Phi) is 4.11. The van der Waals surface area contributed by atoms with Gasteiger partial charge >= 0.3 is 0 Å². The third kappa shape index (κ3) is 2.82. The fraction of sp³-hybridized carbons (Fsp3) is 0.429. The highest BCUT2D eigenvalue weighted by molar-refractivity contribution is 6.21. The van der Waals surface area contributed by atoms with Crippen molar-refractivity contribution in [2.75, 3.05) is 26.4 Å². The molecule has 1 unspecified atom stereocenters. The Morgan fingerprint density at radius 1 is 1.30 bits per heavy atom. The first-order valence-corrected chi connectivity index (χ1v) is 7.23. The number of carbonyl (C=O) groups excluding carboxylic acids is 2. The van der Waals surface area contributed by atoms with Crippen LogP contribution < -0.4 is 0 Å². The molecule has 1 saturated heterocycles. The molecule has 0 spiro atoms. The molecule has 1 aromatic carbocycles. The number of amides is 2. The third-order valence-corrected chi connectivity index (χ3v) is 3.96. The standard InChI is InChI=1S/C14H16N4O5/c19-8-10-5-6-16(7-10)18(22)15-23-9-17-13(20)11-3-1-2-4-12(11)14(17)21/h1-4,10,19H,5-9H2/b18-15+. The minimum Gasteiger partial charge on any atom is -0.569 e. The van der Waals surface area contributed by atoms with Gasteiger partial charge in [0.05, 0.1) is 29.2 Å². The lowest BCUT2D eigenvalue weighted by Gasteiger charge is -2.13. The molecule has 0 bridgehead atoms. The summed E-state index contributed by atoms with van der Waals surface area (Å²) >= 11 is 0. The van der Waals surface area contributed by atoms with Gasteiger partial charge in [-0.05, 0) is 18.6 Å². The van der Waals surface area contributed by atoms with Gasteiger partial charge in [-0.15, -0.1) is 5.01 Å². The van der Waals surface area contributed by atoms with Gasteiger partial charge in [0.25, 0.3) is 11.8 Å². The predicted molar refractivity (Wildman–Crippen MR) is 75.7 cm³/mol. The van der Waals surface area contributed by atoms with Crippen LogP contribution in [0.25, 0.3) is 0 Å². The van der Waals surface area contributed by atoms with Crippen molar-refractivity contribution in [3.8, 4) is 0 Å². The van der Waals surface area contributed by atoms with Gasteiger partial charge in [-0.2, -0.15) is 0 Å². The Morgan fingerprint density at radius 3 is 2.52 bits per heavy atom. The second-order valence-corrected chi connectivity index (χ2v) is 5.43. The van der Waals surface area contributed by atoms with Crippen molar-refractivity contribution >= 4 is 11.8 Å². The molecular weight excluding hydrogens is 304 g/mol. The largest absolute Gasteiger partial charge is 0.569 e. The number of benzene rings is 1. The SMILES string of the molecule is O=C1c2ccccc2C(=O)N1CO/N=[N+](/[O-])N1CCC(CO)C1. The number of hydrogen-bond donors (Lipinski definition) is 1. The summed E-state index contributed by atoms with van der Waals surface area (Å²) in [4.78, 5) is 30.2. The molecule has 2 heterocycles. The summed E-state index contributed by atoms with van der Waals surface area (Å²) in [6.45, 7) is 0.442. The highest BCUT2D eigenvalue weighted by atomic mass is 16.7. The minimum absolute atomic E-state index is 0.0141. The van der Waals surface area contributed by atoms with E-state index < -0.39 is 18.5 Å². The van der Waals surface area contributed by atoms with Gasteiger partial charge in [-0.1, -0.05) is 12.1 Å². The van der Waals surface area contributed by atoms with Crippen LogP contribution in [0.3, 0.4) is 0 Å². The molecule has 23 heavy (non-hydrogen) atoms. The molecule has 0 aromatic heterocycles. The normalized spacial score (nSPS) is 21.1. The van der Waals surface area contributed by atoms with Gasteiger partial charge < -0.3 is 15.2 Å². The number of imide groups is 1. The molecule has 0 aliphatic carbocycles. The van der Waals surface area contributed by atoms with E-state index in [2.05, 4.69) is 5.28 Å². The molecule has 9 nitrogen and oxygen atoms in total. The quantitative estimate of drug-likeness (QED) is 0.363. The second-order valence-electron chi connectivity index (χ2n) is 5.43. The zero-order valence-electron chi connectivity index (χ0n) is 12.3. The van der Waals surface area contributed by atoms with E-state index >= 15 is 0 Å². The maximum atomic E-state index is 12.1. The monoisotopic (exact) mass is 320 g/mol. The molecule has 1 fully saturated rings. The van der Waals surface area contributed by atoms with Crippen LogP contribution in [0.2, 0.25) is 0 Å². The molecule has 9 heteroatoms. The predicted octanol–water partition coefficient (Wildman–Crippen LogP) is 0.363. The lowest BCUT2D eigenvalue weighted by atomic mass is 10.1. The van der Waals surface area contributed by atoms with E-state index in [1.807, 2.05) is 0 Å². The number of fused-ring (bicyclic) bond motifs is 1. The molecule has 2 amide bonds. The molecular formula is C14H16N4O5. The van der Waals surface area contributed by atoms with E-state index in [0.717, 1.165) is 4.90 Å². The van der Waals surface area contributed by atoms with E-state index in [1.54, 1.807) is 24.3 Å². The van der Waals surface area contributed by atoms with Gasteiger partial charge in [0.15, 0.2) is 0 Å². The molecule has 3 rings (SSSR count). The summed E-state index contributed by atoms with van der Waals surface area (Å²) in [5.74, 6) is -0.905. The number of hydrogen-bond acceptors (Lipinski definition) is 6. The molecule has 1 atom stereocenters. The highest BCUT2D eigenvalue weighted by Crippen LogP contribution is 2.22. The fourth-order valence-corrected chi connectivity index (χ4v) is 2.66. The summed E-state index contributed by atoms with van der Waals surface area (Å²) in [6.07, 6.45) is 0.698. The lowest BCUT2D eigenvalue weighted by Crippen LogP contribution is -2.33. The van der Waals surface area contributed by atoms with Crippen LogP contribution in [0.5, 0.6) is 0 Å². The van der Waals surface area contributed by atoms with Crippen LogP contribution in [0.1, 0.15) is 27.1 Å². The average Bonchev–Trinajstić information content (AvgIpc) is 3.14. The zero-order valence-corrected chi connectivity index (χ0v) is 12.3. The molecule has 122 valence electrons. The van der Waals surface area contributed by atoms with Crippen LogP contribution in [0, 0.1) is 11.1 Å². The van der Waals surface area contributed by atoms with Gasteiger partial charge in [0.1, 0.15) is 0 Å². The number of aliphatic hydroxyl groups excluding tert-OH is 1. The molecule has 0 radical (unpaired) electrons. The Balaban J connectivity index is 1.58. The van der Waals surface area contributed by atoms with Crippen molar-refractivity contribution in [1.29, 1.82) is 0 Å². The Bertz CT molecular complexity index is 627. The first-order chi connectivity index (χ1) is 11.1. The summed E-state index contributed by atoms with van der Waals surface area (Å²) in [5.41, 5.74) is 0.621. The first-order valence-electron chi connectivity index (χ1n) is 7.23. The first kappa shape index (κ1) is 15.2.